The van der Waals surface area contributed by atoms with Gasteiger partial charge in [0.2, 0.25) is 0 Å². The second kappa shape index (κ2) is 2.19. The third kappa shape index (κ3) is 1.000. The number of aromatic hydroxyl groups is 1. The van der Waals surface area contributed by atoms with Gasteiger partial charge in [-0.2, -0.15) is 0 Å². The summed E-state index contributed by atoms with van der Waals surface area (Å²) in [6.07, 6.45) is 7.86. The molecule has 0 amide bonds. The average molecular weight is 119 g/mol. The first-order chi connectivity index (χ1) is 4.34. The number of rotatable bonds is 0. The van der Waals surface area contributed by atoms with Gasteiger partial charge in [-0.3, -0.25) is 4.98 Å². The monoisotopic (exact) mass is 119 g/mol. The molecule has 0 unspecified atom stereocenters. The minimum Gasteiger partial charge on any atom is -0.505 e. The molecule has 2 heteroatoms. The largest absolute Gasteiger partial charge is 0.505 e. The smallest absolute Gasteiger partial charge is 0.149 e. The van der Waals surface area contributed by atoms with Crippen molar-refractivity contribution in [3.8, 4) is 18.1 Å². The third-order valence-electron chi connectivity index (χ3n) is 0.956. The summed E-state index contributed by atoms with van der Waals surface area (Å²) in [6, 6.07) is 1.58. The first-order valence-electron chi connectivity index (χ1n) is 2.44. The van der Waals surface area contributed by atoms with Gasteiger partial charge in [-0.1, -0.05) is 5.92 Å². The second-order valence-corrected chi connectivity index (χ2v) is 1.54. The van der Waals surface area contributed by atoms with Gasteiger partial charge in [-0.15, -0.1) is 6.42 Å². The predicted molar refractivity (Wildman–Crippen MR) is 33.8 cm³/mol. The van der Waals surface area contributed by atoms with Gasteiger partial charge in [0.1, 0.15) is 5.75 Å². The fourth-order valence-corrected chi connectivity index (χ4v) is 0.508. The van der Waals surface area contributed by atoms with Crippen molar-refractivity contribution in [2.75, 3.05) is 0 Å². The molecule has 0 saturated heterocycles. The molecule has 1 aromatic rings. The molecule has 0 radical (unpaired) electrons. The molecular weight excluding hydrogens is 114 g/mol. The van der Waals surface area contributed by atoms with Crippen LogP contribution in [0.4, 0.5) is 0 Å². The molecule has 0 spiro atoms. The molecule has 1 rings (SSSR count). The predicted octanol–water partition coefficient (Wildman–Crippen LogP) is 0.768. The van der Waals surface area contributed by atoms with E-state index in [1.54, 1.807) is 6.07 Å². The van der Waals surface area contributed by atoms with Gasteiger partial charge in [0, 0.05) is 6.20 Å². The van der Waals surface area contributed by atoms with E-state index in [9.17, 15) is 0 Å². The van der Waals surface area contributed by atoms with Gasteiger partial charge in [-0.25, -0.2) is 0 Å². The Labute approximate surface area is 53.2 Å². The van der Waals surface area contributed by atoms with E-state index in [0.29, 0.717) is 5.56 Å². The first kappa shape index (κ1) is 5.64. The van der Waals surface area contributed by atoms with Crippen molar-refractivity contribution >= 4 is 0 Å². The number of aromatic nitrogens is 1. The van der Waals surface area contributed by atoms with Gasteiger partial charge >= 0.3 is 0 Å². The molecular formula is C7H5NO. The van der Waals surface area contributed by atoms with Crippen LogP contribution in [0, 0.1) is 12.3 Å². The van der Waals surface area contributed by atoms with Crippen molar-refractivity contribution in [1.82, 2.24) is 4.98 Å². The van der Waals surface area contributed by atoms with Gasteiger partial charge < -0.3 is 5.11 Å². The second-order valence-electron chi connectivity index (χ2n) is 1.54. The Bertz CT molecular complexity index is 249. The molecule has 9 heavy (non-hydrogen) atoms. The zero-order chi connectivity index (χ0) is 6.69. The highest BCUT2D eigenvalue weighted by molar-refractivity contribution is 5.41. The normalized spacial score (nSPS) is 8.33. The number of pyridine rings is 1. The van der Waals surface area contributed by atoms with Crippen LogP contribution in [-0.2, 0) is 0 Å². The molecule has 0 fully saturated rings. The Morgan fingerprint density at radius 3 is 2.89 bits per heavy atom. The van der Waals surface area contributed by atoms with E-state index < -0.39 is 0 Å². The number of hydrogen-bond acceptors (Lipinski definition) is 2. The van der Waals surface area contributed by atoms with Crippen molar-refractivity contribution in [1.29, 1.82) is 0 Å². The van der Waals surface area contributed by atoms with Crippen molar-refractivity contribution in [3.05, 3.63) is 24.0 Å². The Morgan fingerprint density at radius 2 is 2.44 bits per heavy atom. The van der Waals surface area contributed by atoms with Crippen molar-refractivity contribution in [2.45, 2.75) is 0 Å². The molecule has 0 aliphatic rings. The highest BCUT2D eigenvalue weighted by atomic mass is 16.3. The first-order valence-corrected chi connectivity index (χ1v) is 2.44. The zero-order valence-electron chi connectivity index (χ0n) is 4.70. The Morgan fingerprint density at radius 1 is 1.67 bits per heavy atom. The molecule has 0 bridgehead atoms. The Kier molecular flexibility index (Phi) is 1.37. The van der Waals surface area contributed by atoms with E-state index in [1.807, 2.05) is 0 Å². The van der Waals surface area contributed by atoms with E-state index >= 15 is 0 Å². The lowest BCUT2D eigenvalue weighted by atomic mass is 10.3. The summed E-state index contributed by atoms with van der Waals surface area (Å²) in [4.78, 5) is 3.65. The summed E-state index contributed by atoms with van der Waals surface area (Å²) < 4.78 is 0. The fraction of sp³-hybridized carbons (Fsp3) is 0. The standard InChI is InChI=1S/C7H5NO/c1-2-6-3-4-8-5-7(6)9/h1,3-5,9H. The fourth-order valence-electron chi connectivity index (χ4n) is 0.508. The van der Waals surface area contributed by atoms with Crippen molar-refractivity contribution in [3.63, 3.8) is 0 Å². The molecule has 0 atom stereocenters. The van der Waals surface area contributed by atoms with Crippen LogP contribution in [0.1, 0.15) is 5.56 Å². The van der Waals surface area contributed by atoms with Gasteiger partial charge in [0.15, 0.2) is 0 Å². The highest BCUT2D eigenvalue weighted by Crippen LogP contribution is 2.10. The number of nitrogens with zero attached hydrogens (tertiary/aromatic N) is 1. The van der Waals surface area contributed by atoms with Gasteiger partial charge in [0.25, 0.3) is 0 Å². The summed E-state index contributed by atoms with van der Waals surface area (Å²) in [5.41, 5.74) is 0.477. The van der Waals surface area contributed by atoms with Crippen LogP contribution in [-0.4, -0.2) is 10.1 Å². The van der Waals surface area contributed by atoms with E-state index in [1.165, 1.54) is 12.4 Å². The van der Waals surface area contributed by atoms with Crippen molar-refractivity contribution < 1.29 is 5.11 Å². The lowest BCUT2D eigenvalue weighted by Gasteiger charge is -1.90. The lowest BCUT2D eigenvalue weighted by molar-refractivity contribution is 0.471. The summed E-state index contributed by atoms with van der Waals surface area (Å²) in [6.45, 7) is 0. The van der Waals surface area contributed by atoms with Crippen LogP contribution in [0.2, 0.25) is 0 Å². The molecule has 44 valence electrons. The molecule has 2 nitrogen and oxygen atoms in total. The summed E-state index contributed by atoms with van der Waals surface area (Å²) in [7, 11) is 0. The minimum atomic E-state index is 0.0556. The molecule has 0 aliphatic heterocycles. The van der Waals surface area contributed by atoms with Gasteiger partial charge in [0.05, 0.1) is 11.8 Å². The Hall–Kier alpha value is -1.49. The third-order valence-corrected chi connectivity index (χ3v) is 0.956. The van der Waals surface area contributed by atoms with Crippen LogP contribution in [0.15, 0.2) is 18.5 Å². The maximum Gasteiger partial charge on any atom is 0.149 e. The Balaban J connectivity index is 3.20. The SMILES string of the molecule is C#Cc1ccncc1O. The van der Waals surface area contributed by atoms with Crippen LogP contribution >= 0.6 is 0 Å². The van der Waals surface area contributed by atoms with E-state index in [0.717, 1.165) is 0 Å². The van der Waals surface area contributed by atoms with Crippen LogP contribution in [0.25, 0.3) is 0 Å². The van der Waals surface area contributed by atoms with Crippen molar-refractivity contribution in [2.24, 2.45) is 0 Å². The van der Waals surface area contributed by atoms with Gasteiger partial charge in [-0.05, 0) is 6.07 Å². The van der Waals surface area contributed by atoms with E-state index in [4.69, 9.17) is 11.5 Å². The molecule has 0 aromatic carbocycles. The topological polar surface area (TPSA) is 33.1 Å². The molecule has 1 N–H and O–H groups in total. The maximum absolute atomic E-state index is 8.91. The van der Waals surface area contributed by atoms with E-state index in [2.05, 4.69) is 10.9 Å². The van der Waals surface area contributed by atoms with E-state index in [-0.39, 0.29) is 5.75 Å². The average Bonchev–Trinajstić information content (AvgIpc) is 1.89. The highest BCUT2D eigenvalue weighted by Gasteiger charge is 1.91. The molecule has 1 aromatic heterocycles. The summed E-state index contributed by atoms with van der Waals surface area (Å²) in [5, 5.41) is 8.91. The maximum atomic E-state index is 8.91. The minimum absolute atomic E-state index is 0.0556. The number of hydrogen-bond donors (Lipinski definition) is 1. The van der Waals surface area contributed by atoms with Crippen LogP contribution in [0.3, 0.4) is 0 Å². The van der Waals surface area contributed by atoms with Crippen LogP contribution in [0.5, 0.6) is 5.75 Å². The lowest BCUT2D eigenvalue weighted by Crippen LogP contribution is -1.75. The van der Waals surface area contributed by atoms with Crippen LogP contribution < -0.4 is 0 Å². The number of terminal acetylenes is 1. The molecule has 0 saturated carbocycles. The molecule has 1 heterocycles. The summed E-state index contributed by atoms with van der Waals surface area (Å²) >= 11 is 0. The zero-order valence-corrected chi connectivity index (χ0v) is 4.70. The summed E-state index contributed by atoms with van der Waals surface area (Å²) in [5.74, 6) is 2.36. The molecule has 0 aliphatic carbocycles. The quantitative estimate of drug-likeness (QED) is 0.511.